The lowest BCUT2D eigenvalue weighted by atomic mass is 10.00. The molecule has 0 spiro atoms. The Bertz CT molecular complexity index is 1060. The second-order valence-electron chi connectivity index (χ2n) is 8.40. The molecule has 30 heavy (non-hydrogen) atoms. The molecule has 0 N–H and O–H groups in total. The summed E-state index contributed by atoms with van der Waals surface area (Å²) in [7, 11) is -4.01. The predicted octanol–water partition coefficient (Wildman–Crippen LogP) is 3.81. The maximum atomic E-state index is 13.6. The molecule has 0 bridgehead atoms. The largest absolute Gasteiger partial charge is 0.274 e. The Morgan fingerprint density at radius 2 is 1.47 bits per heavy atom. The van der Waals surface area contributed by atoms with Gasteiger partial charge in [0, 0.05) is 5.54 Å². The number of nitrogens with zero attached hydrogens (tertiary/aromatic N) is 2. The van der Waals surface area contributed by atoms with E-state index in [0.717, 1.165) is 16.0 Å². The Morgan fingerprint density at radius 1 is 0.967 bits per heavy atom. The number of carbonyl (C=O) groups is 2. The molecule has 1 unspecified atom stereocenters. The SMILES string of the molecule is CCC(C)(C)N(C1CC(=O)N(c2ccc(C)cc2)C1=O)S(=O)(=O)c1ccc(C)cc1. The van der Waals surface area contributed by atoms with Crippen molar-refractivity contribution in [2.24, 2.45) is 0 Å². The molecule has 2 aromatic rings. The van der Waals surface area contributed by atoms with Crippen molar-refractivity contribution in [1.29, 1.82) is 0 Å². The van der Waals surface area contributed by atoms with Crippen molar-refractivity contribution in [3.05, 3.63) is 59.7 Å². The fourth-order valence-electron chi connectivity index (χ4n) is 3.66. The summed E-state index contributed by atoms with van der Waals surface area (Å²) < 4.78 is 28.5. The van der Waals surface area contributed by atoms with Gasteiger partial charge in [0.25, 0.3) is 5.91 Å². The van der Waals surface area contributed by atoms with E-state index >= 15 is 0 Å². The molecule has 0 saturated carbocycles. The van der Waals surface area contributed by atoms with Gasteiger partial charge in [-0.05, 0) is 58.4 Å². The third-order valence-corrected chi connectivity index (χ3v) is 7.87. The number of anilines is 1. The van der Waals surface area contributed by atoms with Crippen LogP contribution in [0.3, 0.4) is 0 Å². The molecule has 160 valence electrons. The maximum Gasteiger partial charge on any atom is 0.252 e. The summed E-state index contributed by atoms with van der Waals surface area (Å²) >= 11 is 0. The summed E-state index contributed by atoms with van der Waals surface area (Å²) in [6.07, 6.45) is 0.307. The Hall–Kier alpha value is -2.51. The summed E-state index contributed by atoms with van der Waals surface area (Å²) in [6.45, 7) is 9.23. The molecule has 2 aromatic carbocycles. The van der Waals surface area contributed by atoms with Gasteiger partial charge in [-0.15, -0.1) is 0 Å². The van der Waals surface area contributed by atoms with Crippen molar-refractivity contribution in [3.63, 3.8) is 0 Å². The van der Waals surface area contributed by atoms with E-state index in [0.29, 0.717) is 12.1 Å². The van der Waals surface area contributed by atoms with Crippen LogP contribution in [0.2, 0.25) is 0 Å². The highest BCUT2D eigenvalue weighted by atomic mass is 32.2. The molecule has 1 aliphatic heterocycles. The van der Waals surface area contributed by atoms with Gasteiger partial charge in [0.2, 0.25) is 15.9 Å². The summed E-state index contributed by atoms with van der Waals surface area (Å²) in [4.78, 5) is 27.3. The minimum absolute atomic E-state index is 0.114. The van der Waals surface area contributed by atoms with Gasteiger partial charge in [0.15, 0.2) is 0 Å². The van der Waals surface area contributed by atoms with Crippen LogP contribution in [0, 0.1) is 13.8 Å². The standard InChI is InChI=1S/C23H28N2O4S/c1-6-23(4,5)25(30(28,29)19-13-9-17(3)10-14-19)20-15-21(26)24(22(20)27)18-11-7-16(2)8-12-18/h7-14,20H,6,15H2,1-5H3. The Labute approximate surface area is 178 Å². The maximum absolute atomic E-state index is 13.6. The second kappa shape index (κ2) is 7.96. The molecule has 2 amide bonds. The normalized spacial score (nSPS) is 17.8. The van der Waals surface area contributed by atoms with Crippen LogP contribution in [-0.4, -0.2) is 36.1 Å². The highest BCUT2D eigenvalue weighted by Crippen LogP contribution is 2.35. The summed E-state index contributed by atoms with van der Waals surface area (Å²) in [5, 5.41) is 0. The van der Waals surface area contributed by atoms with E-state index in [1.807, 2.05) is 32.9 Å². The van der Waals surface area contributed by atoms with E-state index in [1.54, 1.807) is 50.2 Å². The van der Waals surface area contributed by atoms with Crippen LogP contribution in [0.4, 0.5) is 5.69 Å². The number of hydrogen-bond acceptors (Lipinski definition) is 4. The zero-order valence-corrected chi connectivity index (χ0v) is 18.9. The third kappa shape index (κ3) is 3.91. The lowest BCUT2D eigenvalue weighted by Gasteiger charge is -2.39. The van der Waals surface area contributed by atoms with Crippen molar-refractivity contribution in [3.8, 4) is 0 Å². The van der Waals surface area contributed by atoms with Gasteiger partial charge in [-0.25, -0.2) is 13.3 Å². The number of amides is 2. The van der Waals surface area contributed by atoms with E-state index < -0.39 is 33.4 Å². The van der Waals surface area contributed by atoms with E-state index in [2.05, 4.69) is 0 Å². The quantitative estimate of drug-likeness (QED) is 0.656. The second-order valence-corrected chi connectivity index (χ2v) is 10.2. The van der Waals surface area contributed by atoms with Crippen LogP contribution in [0.1, 0.15) is 44.7 Å². The van der Waals surface area contributed by atoms with Gasteiger partial charge in [-0.3, -0.25) is 9.59 Å². The topological polar surface area (TPSA) is 74.8 Å². The van der Waals surface area contributed by atoms with Gasteiger partial charge in [0.05, 0.1) is 17.0 Å². The Balaban J connectivity index is 2.07. The lowest BCUT2D eigenvalue weighted by molar-refractivity contribution is -0.122. The predicted molar refractivity (Wildman–Crippen MR) is 117 cm³/mol. The molecule has 0 aromatic heterocycles. The average Bonchev–Trinajstić information content (AvgIpc) is 2.96. The highest BCUT2D eigenvalue weighted by Gasteiger charge is 2.51. The zero-order chi connectivity index (χ0) is 22.3. The molecule has 1 atom stereocenters. The minimum Gasteiger partial charge on any atom is -0.274 e. The third-order valence-electron chi connectivity index (χ3n) is 5.74. The molecule has 3 rings (SSSR count). The van der Waals surface area contributed by atoms with Crippen molar-refractivity contribution < 1.29 is 18.0 Å². The van der Waals surface area contributed by atoms with Crippen molar-refractivity contribution in [2.75, 3.05) is 4.90 Å². The van der Waals surface area contributed by atoms with Crippen molar-refractivity contribution >= 4 is 27.5 Å². The number of rotatable bonds is 6. The van der Waals surface area contributed by atoms with Crippen molar-refractivity contribution in [2.45, 2.75) is 63.9 Å². The first kappa shape index (κ1) is 22.2. The Kier molecular flexibility index (Phi) is 5.89. The molecule has 6 nitrogen and oxygen atoms in total. The molecule has 1 saturated heterocycles. The van der Waals surface area contributed by atoms with Crippen LogP contribution in [0.5, 0.6) is 0 Å². The number of benzene rings is 2. The van der Waals surface area contributed by atoms with Gasteiger partial charge in [-0.1, -0.05) is 42.3 Å². The van der Waals surface area contributed by atoms with E-state index in [1.165, 1.54) is 4.31 Å². The van der Waals surface area contributed by atoms with Crippen LogP contribution < -0.4 is 4.90 Å². The first-order valence-corrected chi connectivity index (χ1v) is 11.5. The zero-order valence-electron chi connectivity index (χ0n) is 18.0. The monoisotopic (exact) mass is 428 g/mol. The van der Waals surface area contributed by atoms with Crippen LogP contribution in [0.25, 0.3) is 0 Å². The van der Waals surface area contributed by atoms with Gasteiger partial charge in [-0.2, -0.15) is 4.31 Å². The number of imide groups is 1. The smallest absolute Gasteiger partial charge is 0.252 e. The molecular formula is C23H28N2O4S. The van der Waals surface area contributed by atoms with Crippen LogP contribution in [-0.2, 0) is 19.6 Å². The lowest BCUT2D eigenvalue weighted by Crippen LogP contribution is -2.55. The number of aryl methyl sites for hydroxylation is 2. The molecule has 7 heteroatoms. The van der Waals surface area contributed by atoms with Crippen molar-refractivity contribution in [1.82, 2.24) is 4.31 Å². The van der Waals surface area contributed by atoms with E-state index in [-0.39, 0.29) is 11.3 Å². The molecule has 0 radical (unpaired) electrons. The summed E-state index contributed by atoms with van der Waals surface area (Å²) in [6, 6.07) is 12.5. The number of sulfonamides is 1. The minimum atomic E-state index is -4.01. The first-order valence-electron chi connectivity index (χ1n) is 10.0. The van der Waals surface area contributed by atoms with E-state index in [4.69, 9.17) is 0 Å². The molecule has 1 fully saturated rings. The van der Waals surface area contributed by atoms with Crippen LogP contribution >= 0.6 is 0 Å². The van der Waals surface area contributed by atoms with Gasteiger partial charge in [0.1, 0.15) is 6.04 Å². The van der Waals surface area contributed by atoms with Crippen LogP contribution in [0.15, 0.2) is 53.4 Å². The van der Waals surface area contributed by atoms with Gasteiger partial charge >= 0.3 is 0 Å². The highest BCUT2D eigenvalue weighted by molar-refractivity contribution is 7.89. The fourth-order valence-corrected chi connectivity index (χ4v) is 5.65. The van der Waals surface area contributed by atoms with E-state index in [9.17, 15) is 18.0 Å². The summed E-state index contributed by atoms with van der Waals surface area (Å²) in [5.41, 5.74) is 1.55. The fraction of sp³-hybridized carbons (Fsp3) is 0.391. The molecule has 1 aliphatic rings. The summed E-state index contributed by atoms with van der Waals surface area (Å²) in [5.74, 6) is -0.911. The van der Waals surface area contributed by atoms with Gasteiger partial charge < -0.3 is 0 Å². The number of carbonyl (C=O) groups excluding carboxylic acids is 2. The molecular weight excluding hydrogens is 400 g/mol. The first-order chi connectivity index (χ1) is 14.0. The molecule has 1 heterocycles. The average molecular weight is 429 g/mol. The Morgan fingerprint density at radius 3 is 1.97 bits per heavy atom. The number of hydrogen-bond donors (Lipinski definition) is 0. The molecule has 0 aliphatic carbocycles.